The number of carbonyl (C=O) groups excluding carboxylic acids is 1. The molecule has 0 aliphatic heterocycles. The summed E-state index contributed by atoms with van der Waals surface area (Å²) in [6.45, 7) is 0.154. The van der Waals surface area contributed by atoms with Gasteiger partial charge in [0, 0.05) is 28.1 Å². The van der Waals surface area contributed by atoms with E-state index in [4.69, 9.17) is 11.6 Å². The van der Waals surface area contributed by atoms with Gasteiger partial charge in [-0.05, 0) is 37.4 Å². The number of rotatable bonds is 6. The molecule has 4 nitrogen and oxygen atoms in total. The Kier molecular flexibility index (Phi) is 6.33. The molecule has 1 heterocycles. The Morgan fingerprint density at radius 3 is 2.68 bits per heavy atom. The average molecular weight is 426 g/mol. The fraction of sp³-hybridized carbons (Fsp3) is 0.158. The van der Waals surface area contributed by atoms with Crippen molar-refractivity contribution in [3.8, 4) is 11.3 Å². The van der Waals surface area contributed by atoms with E-state index in [1.165, 1.54) is 18.2 Å². The highest BCUT2D eigenvalue weighted by Crippen LogP contribution is 2.26. The molecule has 2 aromatic carbocycles. The minimum atomic E-state index is -0.968. The van der Waals surface area contributed by atoms with Gasteiger partial charge >= 0.3 is 0 Å². The summed E-state index contributed by atoms with van der Waals surface area (Å²) in [4.78, 5) is 18.0. The molecule has 9 heteroatoms. The Labute approximate surface area is 168 Å². The summed E-state index contributed by atoms with van der Waals surface area (Å²) < 4.78 is 40.2. The summed E-state index contributed by atoms with van der Waals surface area (Å²) in [6, 6.07) is 7.88. The quantitative estimate of drug-likeness (QED) is 0.607. The van der Waals surface area contributed by atoms with Crippen LogP contribution in [0.2, 0.25) is 5.02 Å². The van der Waals surface area contributed by atoms with Crippen LogP contribution in [0.3, 0.4) is 0 Å². The lowest BCUT2D eigenvalue weighted by molar-refractivity contribution is -0.117. The molecule has 0 aliphatic rings. The van der Waals surface area contributed by atoms with Crippen molar-refractivity contribution in [3.63, 3.8) is 0 Å². The first-order valence-corrected chi connectivity index (χ1v) is 9.41. The van der Waals surface area contributed by atoms with Gasteiger partial charge in [0.15, 0.2) is 16.8 Å². The molecule has 0 saturated heterocycles. The maximum absolute atomic E-state index is 13.8. The summed E-state index contributed by atoms with van der Waals surface area (Å²) in [7, 11) is 1.66. The number of halogens is 4. The van der Waals surface area contributed by atoms with Crippen molar-refractivity contribution < 1.29 is 18.0 Å². The lowest BCUT2D eigenvalue weighted by Crippen LogP contribution is -2.30. The van der Waals surface area contributed by atoms with Crippen LogP contribution in [0.4, 0.5) is 18.3 Å². The van der Waals surface area contributed by atoms with Gasteiger partial charge in [-0.1, -0.05) is 17.7 Å². The van der Waals surface area contributed by atoms with Crippen LogP contribution in [0.15, 0.2) is 41.8 Å². The molecule has 0 fully saturated rings. The predicted octanol–water partition coefficient (Wildman–Crippen LogP) is 4.95. The number of hydrogen-bond acceptors (Lipinski definition) is 4. The van der Waals surface area contributed by atoms with E-state index in [0.29, 0.717) is 27.0 Å². The van der Waals surface area contributed by atoms with E-state index in [-0.39, 0.29) is 19.0 Å². The van der Waals surface area contributed by atoms with Gasteiger partial charge in [-0.25, -0.2) is 18.2 Å². The van der Waals surface area contributed by atoms with Crippen LogP contribution in [-0.2, 0) is 11.3 Å². The van der Waals surface area contributed by atoms with E-state index in [2.05, 4.69) is 10.3 Å². The van der Waals surface area contributed by atoms with Crippen molar-refractivity contribution in [3.05, 3.63) is 69.8 Å². The summed E-state index contributed by atoms with van der Waals surface area (Å²) >= 11 is 7.16. The number of aromatic nitrogens is 1. The monoisotopic (exact) mass is 425 g/mol. The van der Waals surface area contributed by atoms with Crippen LogP contribution in [0, 0.1) is 17.5 Å². The van der Waals surface area contributed by atoms with E-state index in [1.807, 2.05) is 0 Å². The molecule has 3 rings (SSSR count). The Hall–Kier alpha value is -2.42. The number of nitrogens with zero attached hydrogens (tertiary/aromatic N) is 2. The lowest BCUT2D eigenvalue weighted by Gasteiger charge is -2.17. The molecule has 0 atom stereocenters. The molecule has 3 aromatic rings. The first-order chi connectivity index (χ1) is 13.3. The van der Waals surface area contributed by atoms with Crippen LogP contribution in [0.5, 0.6) is 0 Å². The third-order valence-corrected chi connectivity index (χ3v) is 4.98. The van der Waals surface area contributed by atoms with Crippen molar-refractivity contribution in [1.82, 2.24) is 9.88 Å². The van der Waals surface area contributed by atoms with Gasteiger partial charge in [-0.15, -0.1) is 11.3 Å². The van der Waals surface area contributed by atoms with Crippen molar-refractivity contribution in [2.45, 2.75) is 6.54 Å². The molecule has 0 saturated carbocycles. The fourth-order valence-corrected chi connectivity index (χ4v) is 3.49. The van der Waals surface area contributed by atoms with Gasteiger partial charge in [0.25, 0.3) is 0 Å². The molecule has 1 aromatic heterocycles. The van der Waals surface area contributed by atoms with Crippen LogP contribution >= 0.6 is 22.9 Å². The van der Waals surface area contributed by atoms with E-state index in [9.17, 15) is 18.0 Å². The third-order valence-electron chi connectivity index (χ3n) is 3.87. The molecule has 1 amide bonds. The zero-order chi connectivity index (χ0) is 20.3. The molecule has 28 heavy (non-hydrogen) atoms. The highest BCUT2D eigenvalue weighted by Gasteiger charge is 2.14. The zero-order valence-corrected chi connectivity index (χ0v) is 16.3. The van der Waals surface area contributed by atoms with Crippen LogP contribution in [-0.4, -0.2) is 29.4 Å². The molecule has 0 spiro atoms. The number of anilines is 1. The predicted molar refractivity (Wildman–Crippen MR) is 104 cm³/mol. The molecule has 0 aliphatic carbocycles. The van der Waals surface area contributed by atoms with Gasteiger partial charge in [-0.2, -0.15) is 0 Å². The molecular formula is C19H15ClF3N3OS. The van der Waals surface area contributed by atoms with Gasteiger partial charge in [0.2, 0.25) is 5.91 Å². The maximum atomic E-state index is 13.8. The molecule has 1 N–H and O–H groups in total. The minimum absolute atomic E-state index is 0.00917. The molecule has 146 valence electrons. The van der Waals surface area contributed by atoms with Crippen molar-refractivity contribution in [1.29, 1.82) is 0 Å². The van der Waals surface area contributed by atoms with Gasteiger partial charge in [0.1, 0.15) is 5.82 Å². The third kappa shape index (κ3) is 4.89. The van der Waals surface area contributed by atoms with Gasteiger partial charge in [0.05, 0.1) is 12.2 Å². The van der Waals surface area contributed by atoms with E-state index in [0.717, 1.165) is 23.5 Å². The Balaban J connectivity index is 1.60. The number of hydrogen-bond donors (Lipinski definition) is 1. The normalized spacial score (nSPS) is 11.1. The van der Waals surface area contributed by atoms with Crippen molar-refractivity contribution in [2.75, 3.05) is 18.9 Å². The Bertz CT molecular complexity index is 992. The summed E-state index contributed by atoms with van der Waals surface area (Å²) in [5, 5.41) is 4.88. The number of thiazole rings is 1. The lowest BCUT2D eigenvalue weighted by atomic mass is 10.2. The zero-order valence-electron chi connectivity index (χ0n) is 14.7. The minimum Gasteiger partial charge on any atom is -0.301 e. The fourth-order valence-electron chi connectivity index (χ4n) is 2.53. The molecule has 0 unspecified atom stereocenters. The van der Waals surface area contributed by atoms with E-state index >= 15 is 0 Å². The van der Waals surface area contributed by atoms with Crippen molar-refractivity contribution >= 4 is 34.0 Å². The summed E-state index contributed by atoms with van der Waals surface area (Å²) in [6.07, 6.45) is 0. The first kappa shape index (κ1) is 20.3. The topological polar surface area (TPSA) is 45.2 Å². The van der Waals surface area contributed by atoms with Gasteiger partial charge in [-0.3, -0.25) is 9.69 Å². The summed E-state index contributed by atoms with van der Waals surface area (Å²) in [5.41, 5.74) is 1.14. The average Bonchev–Trinajstić information content (AvgIpc) is 3.09. The highest BCUT2D eigenvalue weighted by atomic mass is 35.5. The van der Waals surface area contributed by atoms with Crippen LogP contribution in [0.25, 0.3) is 11.3 Å². The number of benzene rings is 2. The second kappa shape index (κ2) is 8.72. The maximum Gasteiger partial charge on any atom is 0.240 e. The smallest absolute Gasteiger partial charge is 0.240 e. The standard InChI is InChI=1S/C19H15ClF3N3OS/c1-26(8-12-13(20)3-2-4-14(12)21)9-18(27)25-19-24-17(10-28-19)11-5-6-15(22)16(23)7-11/h2-7,10H,8-9H2,1H3,(H,24,25,27). The number of carbonyl (C=O) groups is 1. The Morgan fingerprint density at radius 2 is 1.96 bits per heavy atom. The van der Waals surface area contributed by atoms with E-state index < -0.39 is 17.5 Å². The molecule has 0 bridgehead atoms. The Morgan fingerprint density at radius 1 is 1.18 bits per heavy atom. The molecule has 0 radical (unpaired) electrons. The first-order valence-electron chi connectivity index (χ1n) is 8.15. The SMILES string of the molecule is CN(CC(=O)Nc1nc(-c2ccc(F)c(F)c2)cs1)Cc1c(F)cccc1Cl. The van der Waals surface area contributed by atoms with Gasteiger partial charge < -0.3 is 5.32 Å². The second-order valence-electron chi connectivity index (χ2n) is 6.09. The highest BCUT2D eigenvalue weighted by molar-refractivity contribution is 7.14. The van der Waals surface area contributed by atoms with E-state index in [1.54, 1.807) is 23.4 Å². The molecular weight excluding hydrogens is 411 g/mol. The van der Waals surface area contributed by atoms with Crippen LogP contribution in [0.1, 0.15) is 5.56 Å². The second-order valence-corrected chi connectivity index (χ2v) is 7.35. The number of nitrogens with one attached hydrogen (secondary N) is 1. The van der Waals surface area contributed by atoms with Crippen molar-refractivity contribution in [2.24, 2.45) is 0 Å². The number of amides is 1. The van der Waals surface area contributed by atoms with Crippen LogP contribution < -0.4 is 5.32 Å². The largest absolute Gasteiger partial charge is 0.301 e. The summed E-state index contributed by atoms with van der Waals surface area (Å²) in [5.74, 6) is -2.69. The number of likely N-dealkylation sites (N-methyl/N-ethyl adjacent to an activating group) is 1.